The van der Waals surface area contributed by atoms with E-state index in [1.807, 2.05) is 0 Å². The van der Waals surface area contributed by atoms with Crippen molar-refractivity contribution in [3.63, 3.8) is 0 Å². The molecule has 2 rings (SSSR count). The quantitative estimate of drug-likeness (QED) is 0.645. The molecule has 78 valence electrons. The summed E-state index contributed by atoms with van der Waals surface area (Å²) in [5, 5.41) is 9.38. The number of nitriles is 1. The van der Waals surface area contributed by atoms with Crippen molar-refractivity contribution in [3.8, 4) is 6.07 Å². The Morgan fingerprint density at radius 1 is 1.07 bits per heavy atom. The third-order valence-electron chi connectivity index (χ3n) is 3.69. The van der Waals surface area contributed by atoms with E-state index in [1.165, 1.54) is 24.2 Å². The minimum absolute atomic E-state index is 0.0674. The Hall–Kier alpha value is -0.590. The average Bonchev–Trinajstić information content (AvgIpc) is 2.31. The molecule has 0 bridgehead atoms. The molecule has 3 heteroatoms. The maximum atomic E-state index is 9.38. The minimum Gasteiger partial charge on any atom is -0.370 e. The second-order valence-corrected chi connectivity index (χ2v) is 4.47. The zero-order chi connectivity index (χ0) is 9.86. The van der Waals surface area contributed by atoms with Gasteiger partial charge in [-0.25, -0.2) is 0 Å². The molecule has 0 amide bonds. The molecular formula is C11H19N2O+. The fourth-order valence-corrected chi connectivity index (χ4v) is 2.80. The van der Waals surface area contributed by atoms with E-state index in [0.717, 1.165) is 39.1 Å². The van der Waals surface area contributed by atoms with Crippen molar-refractivity contribution >= 4 is 0 Å². The van der Waals surface area contributed by atoms with Gasteiger partial charge in [-0.2, -0.15) is 5.26 Å². The highest BCUT2D eigenvalue weighted by atomic mass is 16.5. The summed E-state index contributed by atoms with van der Waals surface area (Å²) in [7, 11) is 0. The first-order chi connectivity index (χ1) is 6.87. The molecule has 2 aliphatic rings. The number of hydrogen-bond acceptors (Lipinski definition) is 2. The second kappa shape index (κ2) is 4.29. The summed E-state index contributed by atoms with van der Waals surface area (Å²) in [6.07, 6.45) is 5.97. The molecule has 1 aliphatic carbocycles. The lowest BCUT2D eigenvalue weighted by atomic mass is 9.81. The number of quaternary nitrogens is 1. The molecule has 1 heterocycles. The van der Waals surface area contributed by atoms with Crippen molar-refractivity contribution in [2.45, 2.75) is 37.6 Å². The van der Waals surface area contributed by atoms with Gasteiger partial charge in [-0.05, 0) is 12.8 Å². The molecule has 1 saturated heterocycles. The SMILES string of the molecule is N#CC1([NH+]2CCOCC2)CCCCC1. The van der Waals surface area contributed by atoms with Gasteiger partial charge in [-0.3, -0.25) is 0 Å². The van der Waals surface area contributed by atoms with Crippen molar-refractivity contribution in [2.75, 3.05) is 26.3 Å². The van der Waals surface area contributed by atoms with E-state index in [2.05, 4.69) is 6.07 Å². The van der Waals surface area contributed by atoms with Crippen LogP contribution in [0.3, 0.4) is 0 Å². The Morgan fingerprint density at radius 2 is 1.71 bits per heavy atom. The van der Waals surface area contributed by atoms with Gasteiger partial charge >= 0.3 is 0 Å². The largest absolute Gasteiger partial charge is 0.370 e. The molecule has 0 unspecified atom stereocenters. The van der Waals surface area contributed by atoms with Crippen molar-refractivity contribution in [2.24, 2.45) is 0 Å². The lowest BCUT2D eigenvalue weighted by molar-refractivity contribution is -0.952. The number of morpholine rings is 1. The first-order valence-electron chi connectivity index (χ1n) is 5.72. The number of rotatable bonds is 1. The van der Waals surface area contributed by atoms with Gasteiger partial charge in [0, 0.05) is 12.8 Å². The molecule has 0 aromatic rings. The van der Waals surface area contributed by atoms with Crippen LogP contribution in [0.4, 0.5) is 0 Å². The molecule has 3 nitrogen and oxygen atoms in total. The maximum absolute atomic E-state index is 9.38. The average molecular weight is 195 g/mol. The van der Waals surface area contributed by atoms with Gasteiger partial charge in [0.15, 0.2) is 5.54 Å². The molecule has 0 radical (unpaired) electrons. The van der Waals surface area contributed by atoms with Gasteiger partial charge < -0.3 is 9.64 Å². The molecule has 0 atom stereocenters. The van der Waals surface area contributed by atoms with Crippen LogP contribution in [-0.2, 0) is 4.74 Å². The van der Waals surface area contributed by atoms with Crippen LogP contribution >= 0.6 is 0 Å². The van der Waals surface area contributed by atoms with Crippen molar-refractivity contribution in [1.82, 2.24) is 0 Å². The van der Waals surface area contributed by atoms with Crippen LogP contribution in [0, 0.1) is 11.3 Å². The van der Waals surface area contributed by atoms with Crippen LogP contribution < -0.4 is 4.90 Å². The molecule has 1 aliphatic heterocycles. The van der Waals surface area contributed by atoms with E-state index >= 15 is 0 Å². The van der Waals surface area contributed by atoms with Gasteiger partial charge in [0.25, 0.3) is 0 Å². The topological polar surface area (TPSA) is 37.5 Å². The summed E-state index contributed by atoms with van der Waals surface area (Å²) >= 11 is 0. The molecule has 0 aromatic carbocycles. The van der Waals surface area contributed by atoms with Crippen molar-refractivity contribution in [1.29, 1.82) is 5.26 Å². The zero-order valence-corrected chi connectivity index (χ0v) is 8.72. The second-order valence-electron chi connectivity index (χ2n) is 4.47. The lowest BCUT2D eigenvalue weighted by Gasteiger charge is -2.39. The van der Waals surface area contributed by atoms with E-state index < -0.39 is 0 Å². The summed E-state index contributed by atoms with van der Waals surface area (Å²) in [4.78, 5) is 1.48. The van der Waals surface area contributed by atoms with Gasteiger partial charge in [-0.15, -0.1) is 0 Å². The van der Waals surface area contributed by atoms with Gasteiger partial charge in [0.2, 0.25) is 0 Å². The monoisotopic (exact) mass is 195 g/mol. The molecule has 1 saturated carbocycles. The summed E-state index contributed by atoms with van der Waals surface area (Å²) in [5.74, 6) is 0. The summed E-state index contributed by atoms with van der Waals surface area (Å²) in [6.45, 7) is 3.71. The fraction of sp³-hybridized carbons (Fsp3) is 0.909. The Kier molecular flexibility index (Phi) is 3.05. The first kappa shape index (κ1) is 9.95. The molecule has 0 spiro atoms. The van der Waals surface area contributed by atoms with Crippen molar-refractivity contribution < 1.29 is 9.64 Å². The minimum atomic E-state index is -0.0674. The summed E-state index contributed by atoms with van der Waals surface area (Å²) in [5.41, 5.74) is -0.0674. The van der Waals surface area contributed by atoms with Crippen LogP contribution in [0.25, 0.3) is 0 Å². The van der Waals surface area contributed by atoms with E-state index in [1.54, 1.807) is 0 Å². The van der Waals surface area contributed by atoms with E-state index in [-0.39, 0.29) is 5.54 Å². The first-order valence-corrected chi connectivity index (χ1v) is 5.72. The molecule has 2 fully saturated rings. The van der Waals surface area contributed by atoms with Crippen LogP contribution in [0.5, 0.6) is 0 Å². The van der Waals surface area contributed by atoms with Crippen molar-refractivity contribution in [3.05, 3.63) is 0 Å². The molecular weight excluding hydrogens is 176 g/mol. The van der Waals surface area contributed by atoms with Crippen LogP contribution in [-0.4, -0.2) is 31.8 Å². The Bertz CT molecular complexity index is 222. The number of ether oxygens (including phenoxy) is 1. The molecule has 1 N–H and O–H groups in total. The number of nitrogens with zero attached hydrogens (tertiary/aromatic N) is 1. The maximum Gasteiger partial charge on any atom is 0.184 e. The highest BCUT2D eigenvalue weighted by molar-refractivity contribution is 5.02. The Morgan fingerprint density at radius 3 is 2.29 bits per heavy atom. The van der Waals surface area contributed by atoms with E-state index in [4.69, 9.17) is 4.74 Å². The highest BCUT2D eigenvalue weighted by Crippen LogP contribution is 2.25. The van der Waals surface area contributed by atoms with E-state index in [9.17, 15) is 5.26 Å². The van der Waals surface area contributed by atoms with E-state index in [0.29, 0.717) is 0 Å². The van der Waals surface area contributed by atoms with Gasteiger partial charge in [0.05, 0.1) is 13.2 Å². The smallest absolute Gasteiger partial charge is 0.184 e. The van der Waals surface area contributed by atoms with Crippen LogP contribution in [0.1, 0.15) is 32.1 Å². The van der Waals surface area contributed by atoms with Gasteiger partial charge in [-0.1, -0.05) is 6.42 Å². The fourth-order valence-electron chi connectivity index (χ4n) is 2.80. The normalized spacial score (nSPS) is 28.2. The number of nitrogens with one attached hydrogen (secondary N) is 1. The van der Waals surface area contributed by atoms with Crippen LogP contribution in [0.15, 0.2) is 0 Å². The number of hydrogen-bond donors (Lipinski definition) is 1. The summed E-state index contributed by atoms with van der Waals surface area (Å²) in [6, 6.07) is 2.59. The standard InChI is InChI=1S/C11H18N2O/c12-10-11(4-2-1-3-5-11)13-6-8-14-9-7-13/h1-9H2/p+1. The summed E-state index contributed by atoms with van der Waals surface area (Å²) < 4.78 is 5.35. The molecule has 14 heavy (non-hydrogen) atoms. The lowest BCUT2D eigenvalue weighted by Crippen LogP contribution is -3.21. The van der Waals surface area contributed by atoms with Gasteiger partial charge in [0.1, 0.15) is 19.2 Å². The predicted octanol–water partition coefficient (Wildman–Crippen LogP) is 0.128. The Labute approximate surface area is 85.6 Å². The third-order valence-corrected chi connectivity index (χ3v) is 3.69. The van der Waals surface area contributed by atoms with Crippen LogP contribution in [0.2, 0.25) is 0 Å². The zero-order valence-electron chi connectivity index (χ0n) is 8.72. The highest BCUT2D eigenvalue weighted by Gasteiger charge is 2.42. The predicted molar refractivity (Wildman–Crippen MR) is 52.9 cm³/mol. The third kappa shape index (κ3) is 1.77. The molecule has 0 aromatic heterocycles. The Balaban J connectivity index is 2.06.